The van der Waals surface area contributed by atoms with Gasteiger partial charge in [0.2, 0.25) is 0 Å². The van der Waals surface area contributed by atoms with E-state index in [1.54, 1.807) is 4.90 Å². The molecule has 2 rings (SSSR count). The number of carbonyl (C=O) groups excluding carboxylic acids is 1. The number of aryl methyl sites for hydroxylation is 2. The normalized spacial score (nSPS) is 22.4. The Morgan fingerprint density at radius 2 is 2.14 bits per heavy atom. The maximum Gasteiger partial charge on any atom is 0.258 e. The number of aliphatic hydroxyl groups excluding tert-OH is 1. The van der Waals surface area contributed by atoms with Crippen LogP contribution in [0.2, 0.25) is 0 Å². The van der Waals surface area contributed by atoms with Gasteiger partial charge in [0.1, 0.15) is 10.9 Å². The first-order valence-corrected chi connectivity index (χ1v) is 8.13. The number of amides is 1. The van der Waals surface area contributed by atoms with Crippen LogP contribution in [0.3, 0.4) is 0 Å². The molecule has 1 fully saturated rings. The molecule has 0 aliphatic carbocycles. The third-order valence-electron chi connectivity index (χ3n) is 3.39. The van der Waals surface area contributed by atoms with Gasteiger partial charge in [0.05, 0.1) is 30.1 Å². The SMILES string of the molecule is CSc1nc(C)nc(C)c1C(=O)N1CC(C)OC(CO)C1. The first kappa shape index (κ1) is 16.2. The van der Waals surface area contributed by atoms with Crippen LogP contribution in [0.5, 0.6) is 0 Å². The fourth-order valence-corrected chi connectivity index (χ4v) is 3.21. The minimum Gasteiger partial charge on any atom is -0.394 e. The highest BCUT2D eigenvalue weighted by Gasteiger charge is 2.31. The predicted octanol–water partition coefficient (Wildman–Crippen LogP) is 1.04. The average Bonchev–Trinajstić information content (AvgIpc) is 2.45. The first-order valence-electron chi connectivity index (χ1n) is 6.91. The van der Waals surface area contributed by atoms with Crippen LogP contribution in [0.25, 0.3) is 0 Å². The number of ether oxygens (including phenoxy) is 1. The average molecular weight is 311 g/mol. The summed E-state index contributed by atoms with van der Waals surface area (Å²) in [4.78, 5) is 23.2. The zero-order valence-corrected chi connectivity index (χ0v) is 13.6. The first-order chi connectivity index (χ1) is 9.96. The van der Waals surface area contributed by atoms with Crippen LogP contribution in [-0.2, 0) is 4.74 Å². The zero-order chi connectivity index (χ0) is 15.6. The van der Waals surface area contributed by atoms with Crippen molar-refractivity contribution in [3.8, 4) is 0 Å². The molecule has 2 atom stereocenters. The molecule has 0 saturated carbocycles. The van der Waals surface area contributed by atoms with Gasteiger partial charge in [-0.2, -0.15) is 0 Å². The number of nitrogens with zero attached hydrogens (tertiary/aromatic N) is 3. The summed E-state index contributed by atoms with van der Waals surface area (Å²) in [5.41, 5.74) is 1.25. The lowest BCUT2D eigenvalue weighted by atomic mass is 10.1. The van der Waals surface area contributed by atoms with Gasteiger partial charge in [-0.1, -0.05) is 0 Å². The van der Waals surface area contributed by atoms with Crippen LogP contribution in [0.4, 0.5) is 0 Å². The van der Waals surface area contributed by atoms with Gasteiger partial charge in [-0.3, -0.25) is 4.79 Å². The van der Waals surface area contributed by atoms with E-state index in [0.717, 1.165) is 0 Å². The molecule has 7 heteroatoms. The molecule has 0 aromatic carbocycles. The molecule has 1 aliphatic heterocycles. The number of aliphatic hydroxyl groups is 1. The molecule has 2 heterocycles. The lowest BCUT2D eigenvalue weighted by molar-refractivity contribution is -0.0859. The molecule has 0 bridgehead atoms. The summed E-state index contributed by atoms with van der Waals surface area (Å²) >= 11 is 1.44. The molecular formula is C14H21N3O3S. The Hall–Kier alpha value is -1.18. The molecule has 116 valence electrons. The molecule has 1 aromatic rings. The largest absolute Gasteiger partial charge is 0.394 e. The number of hydrogen-bond acceptors (Lipinski definition) is 6. The van der Waals surface area contributed by atoms with Crippen molar-refractivity contribution >= 4 is 17.7 Å². The fraction of sp³-hybridized carbons (Fsp3) is 0.643. The zero-order valence-electron chi connectivity index (χ0n) is 12.8. The monoisotopic (exact) mass is 311 g/mol. The van der Waals surface area contributed by atoms with Crippen LogP contribution in [0.15, 0.2) is 5.03 Å². The molecule has 1 N–H and O–H groups in total. The highest BCUT2D eigenvalue weighted by atomic mass is 32.2. The van der Waals surface area contributed by atoms with Crippen LogP contribution < -0.4 is 0 Å². The lowest BCUT2D eigenvalue weighted by Gasteiger charge is -2.36. The second-order valence-corrected chi connectivity index (χ2v) is 6.00. The number of rotatable bonds is 3. The Kier molecular flexibility index (Phi) is 5.18. The highest BCUT2D eigenvalue weighted by Crippen LogP contribution is 2.23. The van der Waals surface area contributed by atoms with E-state index in [2.05, 4.69) is 9.97 Å². The number of morpholine rings is 1. The maximum atomic E-state index is 12.8. The molecular weight excluding hydrogens is 290 g/mol. The molecule has 1 saturated heterocycles. The van der Waals surface area contributed by atoms with Gasteiger partial charge in [-0.25, -0.2) is 9.97 Å². The number of thioether (sulfide) groups is 1. The van der Waals surface area contributed by atoms with Crippen molar-refractivity contribution in [2.45, 2.75) is 38.0 Å². The summed E-state index contributed by atoms with van der Waals surface area (Å²) in [6.07, 6.45) is 1.47. The molecule has 6 nitrogen and oxygen atoms in total. The summed E-state index contributed by atoms with van der Waals surface area (Å²) in [6.45, 7) is 6.36. The molecule has 0 spiro atoms. The van der Waals surface area contributed by atoms with Gasteiger partial charge in [0.15, 0.2) is 0 Å². The van der Waals surface area contributed by atoms with Gasteiger partial charge in [0.25, 0.3) is 5.91 Å². The second-order valence-electron chi connectivity index (χ2n) is 5.20. The fourth-order valence-electron chi connectivity index (χ4n) is 2.55. The number of aromatic nitrogens is 2. The van der Waals surface area contributed by atoms with Crippen molar-refractivity contribution in [2.75, 3.05) is 26.0 Å². The summed E-state index contributed by atoms with van der Waals surface area (Å²) < 4.78 is 5.58. The van der Waals surface area contributed by atoms with E-state index in [-0.39, 0.29) is 24.7 Å². The van der Waals surface area contributed by atoms with E-state index < -0.39 is 0 Å². The Labute approximate surface area is 128 Å². The van der Waals surface area contributed by atoms with Gasteiger partial charge in [-0.05, 0) is 27.0 Å². The van der Waals surface area contributed by atoms with Crippen molar-refractivity contribution in [2.24, 2.45) is 0 Å². The van der Waals surface area contributed by atoms with E-state index in [4.69, 9.17) is 4.74 Å². The van der Waals surface area contributed by atoms with Crippen LogP contribution in [0.1, 0.15) is 28.8 Å². The van der Waals surface area contributed by atoms with Gasteiger partial charge in [-0.15, -0.1) is 11.8 Å². The van der Waals surface area contributed by atoms with E-state index >= 15 is 0 Å². The minimum atomic E-state index is -0.331. The topological polar surface area (TPSA) is 75.6 Å². The van der Waals surface area contributed by atoms with E-state index in [1.165, 1.54) is 11.8 Å². The third kappa shape index (κ3) is 3.53. The summed E-state index contributed by atoms with van der Waals surface area (Å²) in [6, 6.07) is 0. The van der Waals surface area contributed by atoms with Crippen LogP contribution >= 0.6 is 11.8 Å². The number of hydrogen-bond donors (Lipinski definition) is 1. The molecule has 1 aromatic heterocycles. The van der Waals surface area contributed by atoms with E-state index in [1.807, 2.05) is 27.0 Å². The summed E-state index contributed by atoms with van der Waals surface area (Å²) in [5.74, 6) is 0.572. The maximum absolute atomic E-state index is 12.8. The molecule has 0 radical (unpaired) electrons. The number of carbonyl (C=O) groups is 1. The molecule has 1 amide bonds. The summed E-state index contributed by atoms with van der Waals surface area (Å²) in [5, 5.41) is 9.98. The smallest absolute Gasteiger partial charge is 0.258 e. The Balaban J connectivity index is 2.31. The second kappa shape index (κ2) is 6.72. The van der Waals surface area contributed by atoms with Crippen molar-refractivity contribution in [3.63, 3.8) is 0 Å². The van der Waals surface area contributed by atoms with E-state index in [0.29, 0.717) is 35.2 Å². The molecule has 21 heavy (non-hydrogen) atoms. The molecule has 2 unspecified atom stereocenters. The van der Waals surface area contributed by atoms with Crippen LogP contribution in [-0.4, -0.2) is 64.0 Å². The van der Waals surface area contributed by atoms with E-state index in [9.17, 15) is 9.90 Å². The van der Waals surface area contributed by atoms with Crippen LogP contribution in [0, 0.1) is 13.8 Å². The quantitative estimate of drug-likeness (QED) is 0.664. The standard InChI is InChI=1S/C14H21N3O3S/c1-8-5-17(6-11(7-18)20-8)14(19)12-9(2)15-10(3)16-13(12)21-4/h8,11,18H,5-7H2,1-4H3. The Bertz CT molecular complexity index is 538. The van der Waals surface area contributed by atoms with Gasteiger partial charge < -0.3 is 14.7 Å². The van der Waals surface area contributed by atoms with Gasteiger partial charge in [0, 0.05) is 13.1 Å². The Morgan fingerprint density at radius 1 is 1.43 bits per heavy atom. The van der Waals surface area contributed by atoms with Crippen molar-refractivity contribution in [3.05, 3.63) is 17.1 Å². The van der Waals surface area contributed by atoms with Crippen molar-refractivity contribution < 1.29 is 14.6 Å². The van der Waals surface area contributed by atoms with Gasteiger partial charge >= 0.3 is 0 Å². The van der Waals surface area contributed by atoms with Crippen molar-refractivity contribution in [1.82, 2.24) is 14.9 Å². The minimum absolute atomic E-state index is 0.0904. The van der Waals surface area contributed by atoms with Crippen molar-refractivity contribution in [1.29, 1.82) is 0 Å². The predicted molar refractivity (Wildman–Crippen MR) is 80.6 cm³/mol. The third-order valence-corrected chi connectivity index (χ3v) is 4.07. The lowest BCUT2D eigenvalue weighted by Crippen LogP contribution is -2.50. The highest BCUT2D eigenvalue weighted by molar-refractivity contribution is 7.98. The Morgan fingerprint density at radius 3 is 2.76 bits per heavy atom. The summed E-state index contributed by atoms with van der Waals surface area (Å²) in [7, 11) is 0. The molecule has 1 aliphatic rings.